The highest BCUT2D eigenvalue weighted by Gasteiger charge is 2.09. The van der Waals surface area contributed by atoms with E-state index in [-0.39, 0.29) is 10.1 Å². The maximum absolute atomic E-state index is 11.1. The van der Waals surface area contributed by atoms with Crippen molar-refractivity contribution in [1.82, 2.24) is 10.2 Å². The number of aryl methyl sites for hydroxylation is 1. The predicted molar refractivity (Wildman–Crippen MR) is 74.0 cm³/mol. The van der Waals surface area contributed by atoms with Gasteiger partial charge in [0.1, 0.15) is 0 Å². The van der Waals surface area contributed by atoms with Gasteiger partial charge in [0.2, 0.25) is 5.89 Å². The minimum Gasteiger partial charge on any atom is -0.544 e. The van der Waals surface area contributed by atoms with Crippen molar-refractivity contribution < 1.29 is 14.3 Å². The van der Waals surface area contributed by atoms with Crippen molar-refractivity contribution in [2.45, 2.75) is 18.6 Å². The molecule has 0 aliphatic rings. The van der Waals surface area contributed by atoms with Gasteiger partial charge in [0, 0.05) is 16.3 Å². The molecule has 0 aliphatic heterocycles. The summed E-state index contributed by atoms with van der Waals surface area (Å²) in [6, 6.07) is 6.76. The molecule has 0 unspecified atom stereocenters. The van der Waals surface area contributed by atoms with Gasteiger partial charge >= 0.3 is 0 Å². The predicted octanol–water partition coefficient (Wildman–Crippen LogP) is 2.17. The number of thioether (sulfide) groups is 1. The molecule has 5 nitrogen and oxygen atoms in total. The van der Waals surface area contributed by atoms with Crippen LogP contribution in [0.4, 0.5) is 0 Å². The first-order valence-corrected chi connectivity index (χ1v) is 6.96. The van der Waals surface area contributed by atoms with Crippen molar-refractivity contribution in [3.8, 4) is 0 Å². The zero-order valence-electron chi connectivity index (χ0n) is 10.5. The summed E-state index contributed by atoms with van der Waals surface area (Å²) in [4.78, 5) is 11.1. The zero-order valence-corrected chi connectivity index (χ0v) is 12.1. The topological polar surface area (TPSA) is 79.0 Å². The molecular weight excluding hydrogens is 300 g/mol. The molecule has 0 N–H and O–H groups in total. The van der Waals surface area contributed by atoms with Crippen LogP contribution in [0.15, 0.2) is 38.8 Å². The Bertz CT molecular complexity index is 637. The molecule has 2 aromatic rings. The second kappa shape index (κ2) is 6.58. The molecule has 0 fully saturated rings. The van der Waals surface area contributed by atoms with E-state index < -0.39 is 5.97 Å². The monoisotopic (exact) mass is 309 g/mol. The summed E-state index contributed by atoms with van der Waals surface area (Å²) in [6.07, 6.45) is 2.06. The van der Waals surface area contributed by atoms with Gasteiger partial charge in [-0.15, -0.1) is 10.2 Å². The Morgan fingerprint density at radius 2 is 2.10 bits per heavy atom. The quantitative estimate of drug-likeness (QED) is 0.622. The van der Waals surface area contributed by atoms with Crippen molar-refractivity contribution >= 4 is 35.4 Å². The van der Waals surface area contributed by atoms with Gasteiger partial charge in [-0.25, -0.2) is 0 Å². The van der Waals surface area contributed by atoms with Gasteiger partial charge in [-0.1, -0.05) is 30.7 Å². The number of aliphatic carboxylic acids is 1. The molecule has 1 aromatic carbocycles. The molecule has 2 rings (SSSR count). The number of rotatable bonds is 5. The van der Waals surface area contributed by atoms with E-state index in [1.165, 1.54) is 6.08 Å². The van der Waals surface area contributed by atoms with E-state index in [0.717, 1.165) is 11.8 Å². The Morgan fingerprint density at radius 3 is 2.65 bits per heavy atom. The molecule has 0 saturated carbocycles. The van der Waals surface area contributed by atoms with Crippen LogP contribution in [0.2, 0.25) is 5.02 Å². The Kier molecular flexibility index (Phi) is 4.81. The zero-order chi connectivity index (χ0) is 14.5. The lowest BCUT2D eigenvalue weighted by Gasteiger charge is -2.05. The number of hydrogen-bond donors (Lipinski definition) is 0. The molecular formula is C13H10ClN2O3S-. The lowest BCUT2D eigenvalue weighted by molar-refractivity contribution is -0.298. The number of hydrogen-bond acceptors (Lipinski definition) is 6. The third kappa shape index (κ3) is 3.85. The van der Waals surface area contributed by atoms with Gasteiger partial charge in [0.05, 0.1) is 5.97 Å². The fourth-order valence-electron chi connectivity index (χ4n) is 1.36. The van der Waals surface area contributed by atoms with Crippen LogP contribution >= 0.6 is 23.4 Å². The fraction of sp³-hybridized carbons (Fsp3) is 0.154. The van der Waals surface area contributed by atoms with Crippen LogP contribution in [0.1, 0.15) is 18.4 Å². The van der Waals surface area contributed by atoms with Gasteiger partial charge < -0.3 is 14.3 Å². The molecule has 20 heavy (non-hydrogen) atoms. The van der Waals surface area contributed by atoms with E-state index in [1.807, 2.05) is 6.92 Å². The van der Waals surface area contributed by atoms with E-state index in [0.29, 0.717) is 22.9 Å². The normalized spacial score (nSPS) is 11.6. The lowest BCUT2D eigenvalue weighted by atomic mass is 10.2. The Hall–Kier alpha value is -1.79. The number of carbonyl (C=O) groups is 1. The highest BCUT2D eigenvalue weighted by atomic mass is 35.5. The minimum atomic E-state index is -1.30. The third-order valence-electron chi connectivity index (χ3n) is 2.32. The van der Waals surface area contributed by atoms with Crippen LogP contribution < -0.4 is 5.11 Å². The van der Waals surface area contributed by atoms with Gasteiger partial charge in [0.15, 0.2) is 0 Å². The maximum atomic E-state index is 11.1. The minimum absolute atomic E-state index is 0.0152. The largest absolute Gasteiger partial charge is 0.544 e. The summed E-state index contributed by atoms with van der Waals surface area (Å²) in [5.74, 6) is -0.849. The van der Waals surface area contributed by atoms with Gasteiger partial charge in [0.25, 0.3) is 5.22 Å². The van der Waals surface area contributed by atoms with Crippen LogP contribution in [0.3, 0.4) is 0 Å². The number of nitrogens with zero attached hydrogens (tertiary/aromatic N) is 2. The molecule has 1 heterocycles. The van der Waals surface area contributed by atoms with Gasteiger partial charge in [-0.3, -0.25) is 0 Å². The fourth-order valence-corrected chi connectivity index (χ4v) is 2.17. The first-order valence-electron chi connectivity index (χ1n) is 5.77. The van der Waals surface area contributed by atoms with E-state index in [2.05, 4.69) is 10.2 Å². The highest BCUT2D eigenvalue weighted by molar-refractivity contribution is 8.03. The molecule has 0 bridgehead atoms. The van der Waals surface area contributed by atoms with Gasteiger partial charge in [-0.05, 0) is 35.5 Å². The summed E-state index contributed by atoms with van der Waals surface area (Å²) in [7, 11) is 0. The summed E-state index contributed by atoms with van der Waals surface area (Å²) < 4.78 is 5.26. The number of carboxylic acids is 1. The lowest BCUT2D eigenvalue weighted by Crippen LogP contribution is -2.23. The van der Waals surface area contributed by atoms with Crippen LogP contribution in [0.25, 0.3) is 6.08 Å². The number of carbonyl (C=O) groups excluding carboxylic acids is 1. The molecule has 7 heteroatoms. The SMILES string of the molecule is CCc1nnc(S/C(=C\c2ccc(Cl)cc2)C(=O)[O-])o1. The molecule has 0 spiro atoms. The average molecular weight is 310 g/mol. The van der Waals surface area contributed by atoms with Gasteiger partial charge in [-0.2, -0.15) is 0 Å². The molecule has 1 aromatic heterocycles. The van der Waals surface area contributed by atoms with Crippen LogP contribution in [0.5, 0.6) is 0 Å². The maximum Gasteiger partial charge on any atom is 0.281 e. The summed E-state index contributed by atoms with van der Waals surface area (Å²) >= 11 is 6.63. The summed E-state index contributed by atoms with van der Waals surface area (Å²) in [6.45, 7) is 1.87. The van der Waals surface area contributed by atoms with Crippen molar-refractivity contribution in [2.75, 3.05) is 0 Å². The Morgan fingerprint density at radius 1 is 1.40 bits per heavy atom. The van der Waals surface area contributed by atoms with E-state index in [1.54, 1.807) is 24.3 Å². The van der Waals surface area contributed by atoms with Crippen LogP contribution in [-0.4, -0.2) is 16.2 Å². The first kappa shape index (κ1) is 14.6. The highest BCUT2D eigenvalue weighted by Crippen LogP contribution is 2.27. The molecule has 104 valence electrons. The Labute approximate surface area is 124 Å². The summed E-state index contributed by atoms with van der Waals surface area (Å²) in [5.41, 5.74) is 0.691. The first-order chi connectivity index (χ1) is 9.58. The molecule has 0 atom stereocenters. The number of carboxylic acid groups (broad SMARTS) is 1. The summed E-state index contributed by atoms with van der Waals surface area (Å²) in [5, 5.41) is 19.4. The van der Waals surface area contributed by atoms with Crippen molar-refractivity contribution in [3.05, 3.63) is 45.6 Å². The van der Waals surface area contributed by atoms with E-state index in [4.69, 9.17) is 16.0 Å². The van der Waals surface area contributed by atoms with E-state index >= 15 is 0 Å². The molecule has 0 saturated heterocycles. The molecule has 0 aliphatic carbocycles. The Balaban J connectivity index is 2.22. The number of halogens is 1. The number of aromatic nitrogens is 2. The smallest absolute Gasteiger partial charge is 0.281 e. The van der Waals surface area contributed by atoms with E-state index in [9.17, 15) is 9.90 Å². The second-order valence-electron chi connectivity index (χ2n) is 3.76. The van der Waals surface area contributed by atoms with Crippen molar-refractivity contribution in [3.63, 3.8) is 0 Å². The molecule has 0 amide bonds. The molecule has 0 radical (unpaired) electrons. The average Bonchev–Trinajstić information content (AvgIpc) is 2.88. The van der Waals surface area contributed by atoms with Crippen LogP contribution in [-0.2, 0) is 11.2 Å². The van der Waals surface area contributed by atoms with Crippen molar-refractivity contribution in [2.24, 2.45) is 0 Å². The standard InChI is InChI=1S/C13H11ClN2O3S/c1-2-11-15-16-13(19-11)20-10(12(17)18)7-8-3-5-9(14)6-4-8/h3-7H,2H2,1H3,(H,17,18)/p-1/b10-7-. The second-order valence-corrected chi connectivity index (χ2v) is 5.19. The number of benzene rings is 1. The van der Waals surface area contributed by atoms with Crippen molar-refractivity contribution in [1.29, 1.82) is 0 Å². The van der Waals surface area contributed by atoms with Crippen LogP contribution in [0, 0.1) is 0 Å². The third-order valence-corrected chi connectivity index (χ3v) is 3.41.